The van der Waals surface area contributed by atoms with Gasteiger partial charge in [-0.25, -0.2) is 4.79 Å². The summed E-state index contributed by atoms with van der Waals surface area (Å²) in [5.74, 6) is -3.21. The number of halogens is 6. The van der Waals surface area contributed by atoms with E-state index in [-0.39, 0.29) is 22.7 Å². The van der Waals surface area contributed by atoms with Crippen molar-refractivity contribution in [3.63, 3.8) is 0 Å². The molecule has 44 heavy (non-hydrogen) atoms. The molecule has 2 aliphatic rings. The molecule has 1 atom stereocenters. The van der Waals surface area contributed by atoms with Gasteiger partial charge in [0.05, 0.1) is 22.9 Å². The van der Waals surface area contributed by atoms with E-state index in [0.29, 0.717) is 42.9 Å². The van der Waals surface area contributed by atoms with Crippen LogP contribution < -0.4 is 21.5 Å². The molecule has 0 radical (unpaired) electrons. The summed E-state index contributed by atoms with van der Waals surface area (Å²) in [6, 6.07) is 4.69. The maximum Gasteiger partial charge on any atom is 0.490 e. The van der Waals surface area contributed by atoms with Crippen LogP contribution in [0.4, 0.5) is 32.0 Å². The lowest BCUT2D eigenvalue weighted by Gasteiger charge is -2.36. The number of pyridine rings is 1. The van der Waals surface area contributed by atoms with E-state index in [1.807, 2.05) is 0 Å². The van der Waals surface area contributed by atoms with Crippen LogP contribution >= 0.6 is 0 Å². The quantitative estimate of drug-likeness (QED) is 0.322. The molecule has 0 saturated carbocycles. The number of aliphatic carboxylic acids is 1. The number of amides is 1. The number of alkyl halides is 6. The highest BCUT2D eigenvalue weighted by Gasteiger charge is 2.38. The van der Waals surface area contributed by atoms with E-state index < -0.39 is 35.8 Å². The molecule has 0 unspecified atom stereocenters. The molecule has 1 aromatic heterocycles. The van der Waals surface area contributed by atoms with E-state index in [1.54, 1.807) is 23.8 Å². The highest BCUT2D eigenvalue weighted by Crippen LogP contribution is 2.35. The van der Waals surface area contributed by atoms with Crippen LogP contribution in [-0.2, 0) is 15.7 Å². The van der Waals surface area contributed by atoms with Gasteiger partial charge in [0.15, 0.2) is 0 Å². The summed E-state index contributed by atoms with van der Waals surface area (Å²) in [6.07, 6.45) is -5.02. The molecule has 0 aliphatic carbocycles. The Morgan fingerprint density at radius 2 is 1.70 bits per heavy atom. The van der Waals surface area contributed by atoms with Crippen molar-refractivity contribution in [1.29, 1.82) is 0 Å². The van der Waals surface area contributed by atoms with Crippen LogP contribution in [0.15, 0.2) is 35.3 Å². The lowest BCUT2D eigenvalue weighted by atomic mass is 9.90. The molecular weight excluding hydrogens is 598 g/mol. The molecule has 1 amide bonds. The second-order valence-corrected chi connectivity index (χ2v) is 11.1. The van der Waals surface area contributed by atoms with E-state index in [2.05, 4.69) is 22.9 Å². The molecule has 2 saturated heterocycles. The van der Waals surface area contributed by atoms with Crippen molar-refractivity contribution in [2.24, 2.45) is 0 Å². The molecule has 15 heteroatoms. The van der Waals surface area contributed by atoms with Gasteiger partial charge in [-0.05, 0) is 76.7 Å². The number of aromatic nitrogens is 1. The minimum Gasteiger partial charge on any atom is -0.475 e. The first-order chi connectivity index (χ1) is 20.4. The third kappa shape index (κ3) is 8.97. The monoisotopic (exact) mass is 634 g/mol. The van der Waals surface area contributed by atoms with Crippen molar-refractivity contribution in [3.05, 3.63) is 63.1 Å². The van der Waals surface area contributed by atoms with Gasteiger partial charge in [0.25, 0.3) is 11.5 Å². The zero-order valence-corrected chi connectivity index (χ0v) is 24.5. The molecule has 3 heterocycles. The molecule has 244 valence electrons. The number of hydrogen-bond donors (Lipinski definition) is 4. The van der Waals surface area contributed by atoms with E-state index in [9.17, 15) is 35.9 Å². The van der Waals surface area contributed by atoms with E-state index in [1.165, 1.54) is 19.1 Å². The van der Waals surface area contributed by atoms with Crippen molar-refractivity contribution in [2.45, 2.75) is 76.4 Å². The fourth-order valence-electron chi connectivity index (χ4n) is 5.29. The maximum atomic E-state index is 13.6. The van der Waals surface area contributed by atoms with Crippen LogP contribution in [0.3, 0.4) is 0 Å². The van der Waals surface area contributed by atoms with Crippen molar-refractivity contribution in [1.82, 2.24) is 15.2 Å². The minimum atomic E-state index is -5.08. The summed E-state index contributed by atoms with van der Waals surface area (Å²) >= 11 is 0. The first kappa shape index (κ1) is 34.9. The summed E-state index contributed by atoms with van der Waals surface area (Å²) in [4.78, 5) is 35.6. The van der Waals surface area contributed by atoms with Crippen molar-refractivity contribution < 1.29 is 45.8 Å². The Bertz CT molecular complexity index is 1380. The van der Waals surface area contributed by atoms with Crippen LogP contribution in [0, 0.1) is 6.92 Å². The molecule has 9 nitrogen and oxygen atoms in total. The van der Waals surface area contributed by atoms with Crippen LogP contribution in [0.5, 0.6) is 0 Å². The predicted octanol–water partition coefficient (Wildman–Crippen LogP) is 5.21. The molecule has 2 aliphatic heterocycles. The Kier molecular flexibility index (Phi) is 11.1. The van der Waals surface area contributed by atoms with Crippen molar-refractivity contribution in [3.8, 4) is 0 Å². The largest absolute Gasteiger partial charge is 0.490 e. The van der Waals surface area contributed by atoms with Gasteiger partial charge in [0.2, 0.25) is 0 Å². The van der Waals surface area contributed by atoms with E-state index >= 15 is 0 Å². The Labute approximate surface area is 250 Å². The van der Waals surface area contributed by atoms with E-state index in [0.717, 1.165) is 32.0 Å². The van der Waals surface area contributed by atoms with Gasteiger partial charge in [-0.3, -0.25) is 9.59 Å². The number of nitrogens with one attached hydrogen (secondary N) is 3. The maximum absolute atomic E-state index is 13.6. The number of rotatable bonds is 6. The van der Waals surface area contributed by atoms with Gasteiger partial charge in [0.1, 0.15) is 0 Å². The van der Waals surface area contributed by atoms with Crippen LogP contribution in [0.1, 0.15) is 78.7 Å². The summed E-state index contributed by atoms with van der Waals surface area (Å²) in [5.41, 5.74) is -0.0340. The lowest BCUT2D eigenvalue weighted by Crippen LogP contribution is -2.46. The predicted molar refractivity (Wildman–Crippen MR) is 150 cm³/mol. The number of piperidine rings is 1. The average molecular weight is 635 g/mol. The van der Waals surface area contributed by atoms with Crippen LogP contribution in [0.2, 0.25) is 0 Å². The summed E-state index contributed by atoms with van der Waals surface area (Å²) < 4.78 is 79.1. The third-order valence-corrected chi connectivity index (χ3v) is 7.79. The van der Waals surface area contributed by atoms with Gasteiger partial charge >= 0.3 is 18.3 Å². The molecule has 2 fully saturated rings. The number of benzene rings is 1. The molecule has 4 rings (SSSR count). The number of carbonyl (C=O) groups is 2. The van der Waals surface area contributed by atoms with Crippen molar-refractivity contribution in [2.75, 3.05) is 31.6 Å². The minimum absolute atomic E-state index is 0.0792. The molecule has 0 bridgehead atoms. The second-order valence-electron chi connectivity index (χ2n) is 11.1. The summed E-state index contributed by atoms with van der Waals surface area (Å²) in [7, 11) is 0. The number of ether oxygens (including phenoxy) is 1. The van der Waals surface area contributed by atoms with Gasteiger partial charge < -0.3 is 30.4 Å². The fourth-order valence-corrected chi connectivity index (χ4v) is 5.29. The summed E-state index contributed by atoms with van der Waals surface area (Å²) in [6.45, 7) is 7.85. The van der Waals surface area contributed by atoms with Crippen LogP contribution in [0.25, 0.3) is 0 Å². The van der Waals surface area contributed by atoms with Gasteiger partial charge in [0, 0.05) is 37.1 Å². The first-order valence-electron chi connectivity index (χ1n) is 14.0. The van der Waals surface area contributed by atoms with Crippen LogP contribution in [-0.4, -0.2) is 59.6 Å². The second kappa shape index (κ2) is 14.0. The molecule has 0 spiro atoms. The highest BCUT2D eigenvalue weighted by atomic mass is 19.4. The number of carbonyl (C=O) groups excluding carboxylic acids is 1. The SMILES string of the molecule is Cc1c([C@@H](C)NC(=O)c2cn(C3CCOCC3)c(=O)cc2NC2(C)CCNCC2)cccc1C(F)(F)F.O=C(O)C(F)(F)F. The Morgan fingerprint density at radius 3 is 2.25 bits per heavy atom. The molecule has 2 aromatic rings. The first-order valence-corrected chi connectivity index (χ1v) is 14.0. The topological polar surface area (TPSA) is 122 Å². The Balaban J connectivity index is 0.000000676. The Morgan fingerprint density at radius 1 is 1.11 bits per heavy atom. The number of carboxylic acid groups (broad SMARTS) is 1. The number of anilines is 1. The average Bonchev–Trinajstić information content (AvgIpc) is 2.93. The van der Waals surface area contributed by atoms with Gasteiger partial charge in [-0.2, -0.15) is 26.3 Å². The Hall–Kier alpha value is -3.59. The van der Waals surface area contributed by atoms with Gasteiger partial charge in [-0.1, -0.05) is 12.1 Å². The number of carboxylic acids is 1. The lowest BCUT2D eigenvalue weighted by molar-refractivity contribution is -0.192. The standard InChI is InChI=1S/C27H35F3N4O3.C2HF3O2/c1-17-20(5-4-6-22(17)27(28,29)30)18(2)32-25(36)21-16-34(19-7-13-37-14-8-19)24(35)15-23(21)33-26(3)9-11-31-12-10-26;3-2(4,5)1(6)7/h4-6,15-16,18-19,31,33H,7-14H2,1-3H3,(H,32,36);(H,6,7)/t18-;/m1./s1. The molecule has 1 aromatic carbocycles. The smallest absolute Gasteiger partial charge is 0.475 e. The summed E-state index contributed by atoms with van der Waals surface area (Å²) in [5, 5.41) is 16.8. The zero-order chi connectivity index (χ0) is 32.9. The van der Waals surface area contributed by atoms with E-state index in [4.69, 9.17) is 14.6 Å². The van der Waals surface area contributed by atoms with Gasteiger partial charge in [-0.15, -0.1) is 0 Å². The highest BCUT2D eigenvalue weighted by molar-refractivity contribution is 5.99. The normalized spacial score (nSPS) is 18.0. The third-order valence-electron chi connectivity index (χ3n) is 7.79. The molecular formula is C29H36F6N4O5. The zero-order valence-electron chi connectivity index (χ0n) is 24.5. The number of nitrogens with zero attached hydrogens (tertiary/aromatic N) is 1. The van der Waals surface area contributed by atoms with Crippen molar-refractivity contribution >= 4 is 17.6 Å². The molecule has 4 N–H and O–H groups in total. The fraction of sp³-hybridized carbons (Fsp3) is 0.552. The number of hydrogen-bond acceptors (Lipinski definition) is 6.